The molecule has 9 heteroatoms. The fourth-order valence-electron chi connectivity index (χ4n) is 6.63. The van der Waals surface area contributed by atoms with E-state index in [-0.39, 0.29) is 0 Å². The summed E-state index contributed by atoms with van der Waals surface area (Å²) in [6.45, 7) is 36.2. The van der Waals surface area contributed by atoms with Gasteiger partial charge in [0.05, 0.1) is 0 Å². The lowest BCUT2D eigenvalue weighted by atomic mass is 10.5. The van der Waals surface area contributed by atoms with Crippen molar-refractivity contribution in [3.05, 3.63) is 0 Å². The first kappa shape index (κ1) is 35.9. The summed E-state index contributed by atoms with van der Waals surface area (Å²) in [5, 5.41) is 0.402. The lowest BCUT2D eigenvalue weighted by Crippen LogP contribution is -2.66. The molecule has 1 atom stereocenters. The van der Waals surface area contributed by atoms with Crippen molar-refractivity contribution >= 4 is 41.7 Å². The van der Waals surface area contributed by atoms with E-state index >= 15 is 0 Å². The quantitative estimate of drug-likeness (QED) is 0.135. The van der Waals surface area contributed by atoms with Crippen LogP contribution in [0.4, 0.5) is 0 Å². The molecule has 0 saturated heterocycles. The molecule has 35 heavy (non-hydrogen) atoms. The Morgan fingerprint density at radius 2 is 1.00 bits per heavy atom. The molecule has 0 rings (SSSR count). The Balaban J connectivity index is 5.69. The molecule has 0 heterocycles. The van der Waals surface area contributed by atoms with Gasteiger partial charge >= 0.3 is 8.56 Å². The van der Waals surface area contributed by atoms with Crippen molar-refractivity contribution in [2.45, 2.75) is 149 Å². The smallest absolute Gasteiger partial charge is 0.337 e. The first-order valence-electron chi connectivity index (χ1n) is 14.9. The SMILES string of the molecule is CCO[Si](C)(OCC)C(C)[Si](C)(C)O[Si](C)(C)CCCN([Si](CC)(CC)CC)[Si](CC)(CC)CC. The predicted molar refractivity (Wildman–Crippen MR) is 171 cm³/mol. The summed E-state index contributed by atoms with van der Waals surface area (Å²) >= 11 is 0. The van der Waals surface area contributed by atoms with Gasteiger partial charge in [0.25, 0.3) is 0 Å². The molecule has 0 fully saturated rings. The molecule has 0 amide bonds. The van der Waals surface area contributed by atoms with Gasteiger partial charge in [-0.05, 0) is 102 Å². The van der Waals surface area contributed by atoms with Crippen LogP contribution in [0.15, 0.2) is 0 Å². The van der Waals surface area contributed by atoms with Gasteiger partial charge in [-0.1, -0.05) is 48.5 Å². The van der Waals surface area contributed by atoms with E-state index in [1.54, 1.807) is 0 Å². The zero-order valence-corrected chi connectivity index (χ0v) is 31.5. The topological polar surface area (TPSA) is 30.9 Å². The highest BCUT2D eigenvalue weighted by molar-refractivity contribution is 6.94. The molecule has 4 nitrogen and oxygen atoms in total. The molecule has 0 aromatic rings. The van der Waals surface area contributed by atoms with E-state index in [9.17, 15) is 0 Å². The standard InChI is InChI=1S/C26H65NO3Si5/c1-15-28-33(14,29-16-2)26(9)32(12,13)30-31(10,11)25-23-24-27(34(17-3,18-4)19-5)35(20-6,21-7)22-8/h26H,15-25H2,1-14H3. The summed E-state index contributed by atoms with van der Waals surface area (Å²) in [6.07, 6.45) is 1.30. The fourth-order valence-corrected chi connectivity index (χ4v) is 35.7. The maximum atomic E-state index is 7.19. The Bertz CT molecular complexity index is 541. The van der Waals surface area contributed by atoms with Crippen LogP contribution >= 0.6 is 0 Å². The van der Waals surface area contributed by atoms with Crippen molar-refractivity contribution in [2.24, 2.45) is 0 Å². The van der Waals surface area contributed by atoms with Gasteiger partial charge in [0.2, 0.25) is 0 Å². The average Bonchev–Trinajstić information content (AvgIpc) is 2.80. The fraction of sp³-hybridized carbons (Fsp3) is 1.00. The highest BCUT2D eigenvalue weighted by Gasteiger charge is 2.50. The van der Waals surface area contributed by atoms with E-state index in [0.717, 1.165) is 13.2 Å². The van der Waals surface area contributed by atoms with Gasteiger partial charge < -0.3 is 17.2 Å². The Kier molecular flexibility index (Phi) is 15.9. The minimum atomic E-state index is -2.25. The second-order valence-corrected chi connectivity index (χ2v) is 35.5. The van der Waals surface area contributed by atoms with Crippen LogP contribution in [0.2, 0.25) is 80.2 Å². The van der Waals surface area contributed by atoms with Crippen LogP contribution in [-0.4, -0.2) is 65.7 Å². The summed E-state index contributed by atoms with van der Waals surface area (Å²) in [7, 11) is -8.81. The first-order chi connectivity index (χ1) is 16.2. The number of hydrogen-bond donors (Lipinski definition) is 0. The van der Waals surface area contributed by atoms with Crippen LogP contribution in [0.3, 0.4) is 0 Å². The molecule has 0 aromatic carbocycles. The lowest BCUT2D eigenvalue weighted by molar-refractivity contribution is 0.185. The van der Waals surface area contributed by atoms with Crippen molar-refractivity contribution in [2.75, 3.05) is 19.8 Å². The van der Waals surface area contributed by atoms with Crippen LogP contribution in [0.25, 0.3) is 0 Å². The molecule has 0 aliphatic rings. The van der Waals surface area contributed by atoms with E-state index in [0.29, 0.717) is 5.16 Å². The van der Waals surface area contributed by atoms with Gasteiger partial charge in [0.1, 0.15) is 16.5 Å². The number of nitrogens with zero attached hydrogens (tertiary/aromatic N) is 1. The van der Waals surface area contributed by atoms with Crippen LogP contribution in [0.5, 0.6) is 0 Å². The minimum Gasteiger partial charge on any atom is -0.455 e. The summed E-state index contributed by atoms with van der Waals surface area (Å²) in [6, 6.07) is 9.69. The third-order valence-electron chi connectivity index (χ3n) is 9.48. The van der Waals surface area contributed by atoms with Crippen molar-refractivity contribution in [3.8, 4) is 0 Å². The van der Waals surface area contributed by atoms with Gasteiger partial charge in [0, 0.05) is 18.4 Å². The van der Waals surface area contributed by atoms with Gasteiger partial charge in [0.15, 0.2) is 16.6 Å². The van der Waals surface area contributed by atoms with Gasteiger partial charge in [-0.3, -0.25) is 0 Å². The molecule has 212 valence electrons. The van der Waals surface area contributed by atoms with Gasteiger partial charge in [-0.2, -0.15) is 0 Å². The summed E-state index contributed by atoms with van der Waals surface area (Å²) < 4.78 is 23.0. The highest BCUT2D eigenvalue weighted by Crippen LogP contribution is 2.38. The second kappa shape index (κ2) is 15.5. The monoisotopic (exact) mass is 579 g/mol. The summed E-state index contributed by atoms with van der Waals surface area (Å²) in [4.78, 5) is 0. The van der Waals surface area contributed by atoms with Crippen LogP contribution in [0.1, 0.15) is 68.7 Å². The third-order valence-corrected chi connectivity index (χ3v) is 37.9. The van der Waals surface area contributed by atoms with E-state index in [4.69, 9.17) is 13.0 Å². The molecular weight excluding hydrogens is 515 g/mol. The van der Waals surface area contributed by atoms with Crippen molar-refractivity contribution in [1.29, 1.82) is 0 Å². The van der Waals surface area contributed by atoms with E-state index in [2.05, 4.69) is 99.3 Å². The molecule has 0 radical (unpaired) electrons. The Morgan fingerprint density at radius 1 is 0.629 bits per heavy atom. The zero-order valence-electron chi connectivity index (χ0n) is 26.5. The molecule has 0 aliphatic heterocycles. The number of hydrogen-bond acceptors (Lipinski definition) is 4. The van der Waals surface area contributed by atoms with Crippen LogP contribution < -0.4 is 0 Å². The molecule has 0 N–H and O–H groups in total. The Morgan fingerprint density at radius 3 is 1.31 bits per heavy atom. The predicted octanol–water partition coefficient (Wildman–Crippen LogP) is 9.19. The zero-order chi connectivity index (χ0) is 27.6. The molecular formula is C26H65NO3Si5. The van der Waals surface area contributed by atoms with Crippen molar-refractivity contribution in [1.82, 2.24) is 4.23 Å². The van der Waals surface area contributed by atoms with E-state index in [1.165, 1.54) is 55.3 Å². The molecule has 0 saturated carbocycles. The molecule has 0 aliphatic carbocycles. The third kappa shape index (κ3) is 9.26. The van der Waals surface area contributed by atoms with E-state index in [1.807, 2.05) is 0 Å². The lowest BCUT2D eigenvalue weighted by Gasteiger charge is -2.52. The molecule has 1 unspecified atom stereocenters. The minimum absolute atomic E-state index is 0.402. The maximum absolute atomic E-state index is 7.19. The maximum Gasteiger partial charge on any atom is 0.337 e. The Labute approximate surface area is 227 Å². The van der Waals surface area contributed by atoms with Crippen molar-refractivity contribution in [3.63, 3.8) is 0 Å². The Hall–Kier alpha value is 0.924. The van der Waals surface area contributed by atoms with Gasteiger partial charge in [-0.15, -0.1) is 0 Å². The average molecular weight is 580 g/mol. The normalized spacial score (nSPS) is 15.2. The molecule has 0 spiro atoms. The second-order valence-electron chi connectivity index (χ2n) is 11.9. The highest BCUT2D eigenvalue weighted by atomic mass is 28.5. The van der Waals surface area contributed by atoms with Crippen LogP contribution in [-0.2, 0) is 13.0 Å². The summed E-state index contributed by atoms with van der Waals surface area (Å²) in [5.74, 6) is 0. The summed E-state index contributed by atoms with van der Waals surface area (Å²) in [5.41, 5.74) is 0. The van der Waals surface area contributed by atoms with Crippen molar-refractivity contribution < 1.29 is 13.0 Å². The first-order valence-corrected chi connectivity index (χ1v) is 28.6. The van der Waals surface area contributed by atoms with Gasteiger partial charge in [-0.25, -0.2) is 0 Å². The molecule has 0 bridgehead atoms. The van der Waals surface area contributed by atoms with E-state index < -0.39 is 41.7 Å². The van der Waals surface area contributed by atoms with Crippen LogP contribution in [0, 0.1) is 0 Å². The number of rotatable bonds is 20. The molecule has 0 aromatic heterocycles. The largest absolute Gasteiger partial charge is 0.455 e.